The highest BCUT2D eigenvalue weighted by molar-refractivity contribution is 4.73. The highest BCUT2D eigenvalue weighted by Gasteiger charge is 2.39. The van der Waals surface area contributed by atoms with E-state index in [2.05, 4.69) is 34.6 Å². The molecule has 0 aliphatic rings. The average Bonchev–Trinajstić information content (AvgIpc) is 2.46. The standard InChI is InChI=1S/C19H40O4/c1-11-13-14-19(12-2,22-20-17(7,8)15(3)4)23-21-18(9,10)16(5)6/h15-16H,11-14H2,1-10H3. The van der Waals surface area contributed by atoms with Crippen LogP contribution in [0, 0.1) is 11.8 Å². The van der Waals surface area contributed by atoms with Gasteiger partial charge in [0.25, 0.3) is 0 Å². The van der Waals surface area contributed by atoms with Gasteiger partial charge in [-0.3, -0.25) is 0 Å². The minimum Gasteiger partial charge on any atom is -0.227 e. The van der Waals surface area contributed by atoms with Gasteiger partial charge in [-0.2, -0.15) is 9.78 Å². The highest BCUT2D eigenvalue weighted by Crippen LogP contribution is 2.33. The second-order valence-corrected chi connectivity index (χ2v) is 8.22. The van der Waals surface area contributed by atoms with Crippen LogP contribution in [-0.4, -0.2) is 17.0 Å². The van der Waals surface area contributed by atoms with Crippen molar-refractivity contribution in [2.75, 3.05) is 0 Å². The Morgan fingerprint density at radius 3 is 1.35 bits per heavy atom. The van der Waals surface area contributed by atoms with Crippen LogP contribution in [0.1, 0.15) is 94.9 Å². The molecule has 0 heterocycles. The van der Waals surface area contributed by atoms with Gasteiger partial charge < -0.3 is 0 Å². The summed E-state index contributed by atoms with van der Waals surface area (Å²) in [5.41, 5.74) is -0.771. The maximum Gasteiger partial charge on any atom is 0.233 e. The van der Waals surface area contributed by atoms with Gasteiger partial charge in [0.15, 0.2) is 0 Å². The fourth-order valence-corrected chi connectivity index (χ4v) is 1.40. The Balaban J connectivity index is 5.01. The van der Waals surface area contributed by atoms with Gasteiger partial charge in [-0.25, -0.2) is 9.78 Å². The van der Waals surface area contributed by atoms with Gasteiger partial charge >= 0.3 is 0 Å². The first-order valence-corrected chi connectivity index (χ1v) is 9.16. The molecule has 140 valence electrons. The van der Waals surface area contributed by atoms with Crippen LogP contribution in [-0.2, 0) is 19.6 Å². The second-order valence-electron chi connectivity index (χ2n) is 8.22. The Bertz CT molecular complexity index is 297. The number of hydrogen-bond donors (Lipinski definition) is 0. The Hall–Kier alpha value is -0.160. The molecule has 0 bridgehead atoms. The van der Waals surface area contributed by atoms with E-state index < -0.39 is 5.79 Å². The molecule has 0 aromatic rings. The molecule has 4 nitrogen and oxygen atoms in total. The van der Waals surface area contributed by atoms with E-state index in [0.29, 0.717) is 18.3 Å². The van der Waals surface area contributed by atoms with Crippen molar-refractivity contribution in [1.29, 1.82) is 0 Å². The fourth-order valence-electron chi connectivity index (χ4n) is 1.40. The first-order chi connectivity index (χ1) is 10.4. The third-order valence-electron chi connectivity index (χ3n) is 5.05. The van der Waals surface area contributed by atoms with Crippen molar-refractivity contribution in [1.82, 2.24) is 0 Å². The molecule has 0 radical (unpaired) electrons. The summed E-state index contributed by atoms with van der Waals surface area (Å²) in [6.07, 6.45) is 3.46. The summed E-state index contributed by atoms with van der Waals surface area (Å²) >= 11 is 0. The van der Waals surface area contributed by atoms with Crippen molar-refractivity contribution >= 4 is 0 Å². The molecule has 0 aromatic carbocycles. The molecule has 0 saturated carbocycles. The Morgan fingerprint density at radius 2 is 1.09 bits per heavy atom. The van der Waals surface area contributed by atoms with Crippen LogP contribution in [0.2, 0.25) is 0 Å². The zero-order valence-electron chi connectivity index (χ0n) is 17.1. The predicted octanol–water partition coefficient (Wildman–Crippen LogP) is 6.05. The minimum atomic E-state index is -0.867. The molecule has 23 heavy (non-hydrogen) atoms. The SMILES string of the molecule is CCCCC(CC)(OOC(C)(C)C(C)C)OOC(C)(C)C(C)C. The van der Waals surface area contributed by atoms with Crippen LogP contribution < -0.4 is 0 Å². The Morgan fingerprint density at radius 1 is 0.696 bits per heavy atom. The molecule has 0 unspecified atom stereocenters. The summed E-state index contributed by atoms with van der Waals surface area (Å²) in [7, 11) is 0. The lowest BCUT2D eigenvalue weighted by molar-refractivity contribution is -0.549. The lowest BCUT2D eigenvalue weighted by Gasteiger charge is -2.38. The molecule has 0 rings (SSSR count). The molecule has 0 saturated heterocycles. The van der Waals surface area contributed by atoms with E-state index in [1.165, 1.54) is 0 Å². The van der Waals surface area contributed by atoms with Crippen molar-refractivity contribution < 1.29 is 19.6 Å². The largest absolute Gasteiger partial charge is 0.233 e. The zero-order valence-corrected chi connectivity index (χ0v) is 17.1. The first kappa shape index (κ1) is 22.8. The summed E-state index contributed by atoms with van der Waals surface area (Å²) in [5.74, 6) is -0.207. The van der Waals surface area contributed by atoms with E-state index in [-0.39, 0.29) is 11.2 Å². The van der Waals surface area contributed by atoms with Crippen LogP contribution in [0.15, 0.2) is 0 Å². The third-order valence-corrected chi connectivity index (χ3v) is 5.05. The van der Waals surface area contributed by atoms with Gasteiger partial charge in [0.1, 0.15) is 11.2 Å². The van der Waals surface area contributed by atoms with E-state index in [0.717, 1.165) is 19.3 Å². The van der Waals surface area contributed by atoms with Crippen molar-refractivity contribution in [2.24, 2.45) is 11.8 Å². The molecule has 0 amide bonds. The van der Waals surface area contributed by atoms with Crippen LogP contribution >= 0.6 is 0 Å². The van der Waals surface area contributed by atoms with Gasteiger partial charge in [0, 0.05) is 12.8 Å². The monoisotopic (exact) mass is 332 g/mol. The molecule has 0 aromatic heterocycles. The second kappa shape index (κ2) is 9.36. The van der Waals surface area contributed by atoms with Gasteiger partial charge in [-0.05, 0) is 46.0 Å². The van der Waals surface area contributed by atoms with E-state index >= 15 is 0 Å². The zero-order chi connectivity index (χ0) is 18.3. The maximum absolute atomic E-state index is 5.84. The van der Waals surface area contributed by atoms with Gasteiger partial charge in [0.05, 0.1) is 0 Å². The lowest BCUT2D eigenvalue weighted by atomic mass is 9.95. The minimum absolute atomic E-state index is 0.330. The van der Waals surface area contributed by atoms with E-state index in [9.17, 15) is 0 Å². The fraction of sp³-hybridized carbons (Fsp3) is 1.00. The lowest BCUT2D eigenvalue weighted by Crippen LogP contribution is -2.44. The Kier molecular flexibility index (Phi) is 9.29. The van der Waals surface area contributed by atoms with Crippen LogP contribution in [0.25, 0.3) is 0 Å². The van der Waals surface area contributed by atoms with Crippen LogP contribution in [0.4, 0.5) is 0 Å². The van der Waals surface area contributed by atoms with Crippen molar-refractivity contribution in [3.63, 3.8) is 0 Å². The van der Waals surface area contributed by atoms with Crippen LogP contribution in [0.3, 0.4) is 0 Å². The number of unbranched alkanes of at least 4 members (excludes halogenated alkanes) is 1. The molecule has 0 aliphatic carbocycles. The third kappa shape index (κ3) is 7.51. The topological polar surface area (TPSA) is 36.9 Å². The van der Waals surface area contributed by atoms with E-state index in [4.69, 9.17) is 19.6 Å². The summed E-state index contributed by atoms with van der Waals surface area (Å²) in [6, 6.07) is 0. The maximum atomic E-state index is 5.84. The highest BCUT2D eigenvalue weighted by atomic mass is 17.3. The summed E-state index contributed by atoms with van der Waals surface area (Å²) in [5, 5.41) is 0. The molecule has 0 atom stereocenters. The molecule has 4 heteroatoms. The van der Waals surface area contributed by atoms with Crippen molar-refractivity contribution in [3.8, 4) is 0 Å². The molecule has 0 aliphatic heterocycles. The van der Waals surface area contributed by atoms with E-state index in [1.807, 2.05) is 34.6 Å². The Labute approximate surface area is 144 Å². The molecule has 0 fully saturated rings. The predicted molar refractivity (Wildman–Crippen MR) is 94.7 cm³/mol. The smallest absolute Gasteiger partial charge is 0.227 e. The van der Waals surface area contributed by atoms with E-state index in [1.54, 1.807) is 0 Å². The molecular formula is C19H40O4. The summed E-state index contributed by atoms with van der Waals surface area (Å²) in [6.45, 7) is 20.7. The summed E-state index contributed by atoms with van der Waals surface area (Å²) in [4.78, 5) is 23.2. The van der Waals surface area contributed by atoms with Gasteiger partial charge in [-0.1, -0.05) is 48.0 Å². The molecular weight excluding hydrogens is 292 g/mol. The number of rotatable bonds is 12. The van der Waals surface area contributed by atoms with Crippen LogP contribution in [0.5, 0.6) is 0 Å². The van der Waals surface area contributed by atoms with Gasteiger partial charge in [-0.15, -0.1) is 0 Å². The first-order valence-electron chi connectivity index (χ1n) is 9.16. The van der Waals surface area contributed by atoms with Crippen molar-refractivity contribution in [3.05, 3.63) is 0 Å². The molecule has 0 N–H and O–H groups in total. The molecule has 0 spiro atoms. The average molecular weight is 333 g/mol. The number of hydrogen-bond acceptors (Lipinski definition) is 4. The van der Waals surface area contributed by atoms with Crippen molar-refractivity contribution in [2.45, 2.75) is 112 Å². The normalized spacial score (nSPS) is 14.1. The van der Waals surface area contributed by atoms with Gasteiger partial charge in [0.2, 0.25) is 5.79 Å². The summed E-state index contributed by atoms with van der Waals surface area (Å²) < 4.78 is 0. The quantitative estimate of drug-likeness (QED) is 0.248.